The second kappa shape index (κ2) is 4.78. The van der Waals surface area contributed by atoms with Gasteiger partial charge < -0.3 is 14.9 Å². The van der Waals surface area contributed by atoms with Crippen LogP contribution < -0.4 is 10.5 Å². The van der Waals surface area contributed by atoms with Crippen LogP contribution in [0.3, 0.4) is 0 Å². The van der Waals surface area contributed by atoms with Crippen LogP contribution in [-0.4, -0.2) is 34.1 Å². The van der Waals surface area contributed by atoms with Crippen molar-refractivity contribution in [2.24, 2.45) is 7.05 Å². The Hall–Kier alpha value is -1.87. The van der Waals surface area contributed by atoms with Crippen molar-refractivity contribution in [3.63, 3.8) is 0 Å². The minimum atomic E-state index is -3.64. The van der Waals surface area contributed by atoms with E-state index in [0.717, 1.165) is 0 Å². The van der Waals surface area contributed by atoms with E-state index in [9.17, 15) is 8.42 Å². The SMILES string of the molecule is Cn1cnc(N)c1S(=O)(=O)NCCn1ccnc1. The number of aromatic nitrogens is 4. The zero-order valence-corrected chi connectivity index (χ0v) is 10.6. The van der Waals surface area contributed by atoms with E-state index in [0.29, 0.717) is 6.54 Å². The summed E-state index contributed by atoms with van der Waals surface area (Å²) in [5.74, 6) is -0.00682. The van der Waals surface area contributed by atoms with E-state index in [4.69, 9.17) is 5.73 Å². The van der Waals surface area contributed by atoms with Crippen LogP contribution in [-0.2, 0) is 23.6 Å². The van der Waals surface area contributed by atoms with Gasteiger partial charge in [0.1, 0.15) is 0 Å². The number of anilines is 1. The molecule has 0 atom stereocenters. The molecule has 98 valence electrons. The molecule has 2 rings (SSSR count). The molecule has 0 aliphatic carbocycles. The van der Waals surface area contributed by atoms with Crippen molar-refractivity contribution in [3.8, 4) is 0 Å². The van der Waals surface area contributed by atoms with Crippen LogP contribution in [0, 0.1) is 0 Å². The predicted octanol–water partition coefficient (Wildman–Crippen LogP) is -0.823. The summed E-state index contributed by atoms with van der Waals surface area (Å²) < 4.78 is 29.6. The van der Waals surface area contributed by atoms with Crippen molar-refractivity contribution in [1.29, 1.82) is 0 Å². The van der Waals surface area contributed by atoms with Crippen LogP contribution in [0.1, 0.15) is 0 Å². The first kappa shape index (κ1) is 12.6. The Morgan fingerprint density at radius 2 is 2.22 bits per heavy atom. The Bertz CT molecular complexity index is 596. The molecule has 0 aliphatic rings. The highest BCUT2D eigenvalue weighted by Gasteiger charge is 2.21. The molecule has 2 aromatic rings. The van der Waals surface area contributed by atoms with Gasteiger partial charge >= 0.3 is 0 Å². The fourth-order valence-electron chi connectivity index (χ4n) is 1.56. The van der Waals surface area contributed by atoms with Gasteiger partial charge in [-0.15, -0.1) is 0 Å². The van der Waals surface area contributed by atoms with Crippen molar-refractivity contribution in [2.45, 2.75) is 11.6 Å². The van der Waals surface area contributed by atoms with Crippen molar-refractivity contribution in [1.82, 2.24) is 23.8 Å². The summed E-state index contributed by atoms with van der Waals surface area (Å²) in [5.41, 5.74) is 5.53. The fourth-order valence-corrected chi connectivity index (χ4v) is 2.81. The van der Waals surface area contributed by atoms with Crippen LogP contribution in [0.5, 0.6) is 0 Å². The molecule has 2 heterocycles. The molecule has 2 aromatic heterocycles. The number of nitrogens with one attached hydrogen (secondary N) is 1. The first-order valence-electron chi connectivity index (χ1n) is 5.23. The van der Waals surface area contributed by atoms with Gasteiger partial charge in [-0.2, -0.15) is 0 Å². The monoisotopic (exact) mass is 270 g/mol. The molecular weight excluding hydrogens is 256 g/mol. The highest BCUT2D eigenvalue weighted by atomic mass is 32.2. The number of nitrogen functional groups attached to an aromatic ring is 1. The minimum Gasteiger partial charge on any atom is -0.381 e. The van der Waals surface area contributed by atoms with Gasteiger partial charge in [-0.1, -0.05) is 0 Å². The fraction of sp³-hybridized carbons (Fsp3) is 0.333. The van der Waals surface area contributed by atoms with Gasteiger partial charge in [0.2, 0.25) is 0 Å². The summed E-state index contributed by atoms with van der Waals surface area (Å²) in [6.45, 7) is 0.750. The maximum absolute atomic E-state index is 12.0. The third-order valence-corrected chi connectivity index (χ3v) is 3.98. The van der Waals surface area contributed by atoms with E-state index >= 15 is 0 Å². The van der Waals surface area contributed by atoms with E-state index in [1.807, 2.05) is 0 Å². The maximum atomic E-state index is 12.0. The quantitative estimate of drug-likeness (QED) is 0.738. The van der Waals surface area contributed by atoms with Gasteiger partial charge in [0.15, 0.2) is 10.8 Å². The first-order chi connectivity index (χ1) is 8.50. The van der Waals surface area contributed by atoms with E-state index in [1.54, 1.807) is 30.3 Å². The number of nitrogens with zero attached hydrogens (tertiary/aromatic N) is 4. The van der Waals surface area contributed by atoms with Crippen LogP contribution in [0.25, 0.3) is 0 Å². The molecule has 0 radical (unpaired) electrons. The third-order valence-electron chi connectivity index (χ3n) is 2.39. The zero-order valence-electron chi connectivity index (χ0n) is 9.81. The lowest BCUT2D eigenvalue weighted by molar-refractivity contribution is 0.564. The molecule has 0 amide bonds. The van der Waals surface area contributed by atoms with Gasteiger partial charge in [-0.25, -0.2) is 23.1 Å². The lowest BCUT2D eigenvalue weighted by Gasteiger charge is -2.08. The van der Waals surface area contributed by atoms with E-state index in [2.05, 4.69) is 14.7 Å². The molecule has 0 spiro atoms. The van der Waals surface area contributed by atoms with Gasteiger partial charge in [0.25, 0.3) is 10.0 Å². The zero-order chi connectivity index (χ0) is 13.2. The molecule has 9 heteroatoms. The normalized spacial score (nSPS) is 11.8. The van der Waals surface area contributed by atoms with Gasteiger partial charge in [-0.3, -0.25) is 0 Å². The number of hydrogen-bond donors (Lipinski definition) is 2. The van der Waals surface area contributed by atoms with E-state index in [1.165, 1.54) is 10.9 Å². The Labute approximate surface area is 105 Å². The van der Waals surface area contributed by atoms with E-state index in [-0.39, 0.29) is 17.4 Å². The number of nitrogens with two attached hydrogens (primary N) is 1. The molecule has 0 unspecified atom stereocenters. The number of rotatable bonds is 5. The Morgan fingerprint density at radius 3 is 2.78 bits per heavy atom. The lowest BCUT2D eigenvalue weighted by Crippen LogP contribution is -2.29. The number of hydrogen-bond acceptors (Lipinski definition) is 5. The average Bonchev–Trinajstić information content (AvgIpc) is 2.89. The molecule has 0 saturated heterocycles. The number of aryl methyl sites for hydroxylation is 1. The van der Waals surface area contributed by atoms with Crippen molar-refractivity contribution >= 4 is 15.8 Å². The van der Waals surface area contributed by atoms with Gasteiger partial charge in [0.05, 0.1) is 12.7 Å². The van der Waals surface area contributed by atoms with Crippen molar-refractivity contribution < 1.29 is 8.42 Å². The third kappa shape index (κ3) is 2.51. The molecule has 0 fully saturated rings. The highest BCUT2D eigenvalue weighted by Crippen LogP contribution is 2.14. The summed E-state index contributed by atoms with van der Waals surface area (Å²) >= 11 is 0. The van der Waals surface area contributed by atoms with Crippen molar-refractivity contribution in [2.75, 3.05) is 12.3 Å². The number of imidazole rings is 2. The molecular formula is C9H14N6O2S. The Morgan fingerprint density at radius 1 is 1.44 bits per heavy atom. The molecule has 0 saturated carbocycles. The molecule has 18 heavy (non-hydrogen) atoms. The number of sulfonamides is 1. The second-order valence-electron chi connectivity index (χ2n) is 3.74. The Balaban J connectivity index is 2.04. The summed E-state index contributed by atoms with van der Waals surface area (Å²) in [5, 5.41) is -0.0202. The Kier molecular flexibility index (Phi) is 3.34. The first-order valence-corrected chi connectivity index (χ1v) is 6.71. The van der Waals surface area contributed by atoms with Crippen LogP contribution in [0.15, 0.2) is 30.1 Å². The summed E-state index contributed by atoms with van der Waals surface area (Å²) in [4.78, 5) is 7.61. The molecule has 0 bridgehead atoms. The molecule has 8 nitrogen and oxygen atoms in total. The van der Waals surface area contributed by atoms with Gasteiger partial charge in [-0.05, 0) is 0 Å². The lowest BCUT2D eigenvalue weighted by atomic mass is 10.6. The summed E-state index contributed by atoms with van der Waals surface area (Å²) in [6, 6.07) is 0. The van der Waals surface area contributed by atoms with Gasteiger partial charge in [0, 0.05) is 32.5 Å². The second-order valence-corrected chi connectivity index (χ2v) is 5.43. The molecule has 0 aliphatic heterocycles. The topological polar surface area (TPSA) is 108 Å². The highest BCUT2D eigenvalue weighted by molar-refractivity contribution is 7.89. The van der Waals surface area contributed by atoms with E-state index < -0.39 is 10.0 Å². The summed E-state index contributed by atoms with van der Waals surface area (Å²) in [7, 11) is -2.06. The average molecular weight is 270 g/mol. The standard InChI is InChI=1S/C9H14N6O2S/c1-14-7-12-8(10)9(14)18(16,17)13-3-5-15-4-2-11-6-15/h2,4,6-7,13H,3,5,10H2,1H3. The van der Waals surface area contributed by atoms with Crippen LogP contribution in [0.4, 0.5) is 5.82 Å². The largest absolute Gasteiger partial charge is 0.381 e. The molecule has 3 N–H and O–H groups in total. The minimum absolute atomic E-state index is 0.00682. The predicted molar refractivity (Wildman–Crippen MR) is 65.0 cm³/mol. The smallest absolute Gasteiger partial charge is 0.260 e. The summed E-state index contributed by atoms with van der Waals surface area (Å²) in [6.07, 6.45) is 6.37. The van der Waals surface area contributed by atoms with Crippen LogP contribution in [0.2, 0.25) is 0 Å². The maximum Gasteiger partial charge on any atom is 0.260 e. The molecule has 0 aromatic carbocycles. The van der Waals surface area contributed by atoms with Crippen LogP contribution >= 0.6 is 0 Å². The van der Waals surface area contributed by atoms with Crippen molar-refractivity contribution in [3.05, 3.63) is 25.0 Å².